The van der Waals surface area contributed by atoms with Gasteiger partial charge < -0.3 is 21.9 Å². The summed E-state index contributed by atoms with van der Waals surface area (Å²) in [6, 6.07) is 11.1. The van der Waals surface area contributed by atoms with E-state index in [1.807, 2.05) is 49.6 Å². The fourth-order valence-corrected chi connectivity index (χ4v) is 2.01. The van der Waals surface area contributed by atoms with Crippen LogP contribution in [-0.4, -0.2) is 25.8 Å². The highest BCUT2D eigenvalue weighted by Gasteiger charge is 2.09. The zero-order chi connectivity index (χ0) is 16.7. The molecule has 1 aromatic heterocycles. The van der Waals surface area contributed by atoms with Crippen LogP contribution in [0.2, 0.25) is 0 Å². The van der Waals surface area contributed by atoms with E-state index in [0.717, 1.165) is 5.56 Å². The number of amides is 1. The van der Waals surface area contributed by atoms with E-state index in [9.17, 15) is 4.79 Å². The number of ether oxygens (including phenoxy) is 2. The zero-order valence-electron chi connectivity index (χ0n) is 13.8. The van der Waals surface area contributed by atoms with Gasteiger partial charge in [-0.15, -0.1) is 0 Å². The minimum absolute atomic E-state index is 0. The molecule has 0 atom stereocenters. The maximum atomic E-state index is 11.9. The Hall–Kier alpha value is -2.60. The number of hydrazone groups is 1. The average Bonchev–Trinajstić information content (AvgIpc) is 2.59. The Labute approximate surface area is 147 Å². The second kappa shape index (κ2) is 9.52. The van der Waals surface area contributed by atoms with Crippen LogP contribution >= 0.6 is 0 Å². The Morgan fingerprint density at radius 2 is 1.79 bits per heavy atom. The van der Waals surface area contributed by atoms with Gasteiger partial charge in [-0.1, -0.05) is 6.07 Å². The van der Waals surface area contributed by atoms with E-state index in [0.29, 0.717) is 17.2 Å². The Bertz CT molecular complexity index is 705. The third-order valence-corrected chi connectivity index (χ3v) is 3.25. The molecular weight excluding hydrogens is 330 g/mol. The molecule has 0 spiro atoms. The lowest BCUT2D eigenvalue weighted by molar-refractivity contribution is -0.684. The maximum Gasteiger partial charge on any atom is 0.305 e. The molecule has 0 saturated carbocycles. The lowest BCUT2D eigenvalue weighted by Gasteiger charge is -2.09. The molecule has 0 aliphatic rings. The first-order valence-electron chi connectivity index (χ1n) is 7.13. The van der Waals surface area contributed by atoms with Crippen LogP contribution in [0.3, 0.4) is 0 Å². The Morgan fingerprint density at radius 3 is 2.42 bits per heavy atom. The first-order chi connectivity index (χ1) is 11.1. The molecule has 6 nitrogen and oxygen atoms in total. The van der Waals surface area contributed by atoms with Gasteiger partial charge in [-0.05, 0) is 25.1 Å². The van der Waals surface area contributed by atoms with Gasteiger partial charge in [0, 0.05) is 17.7 Å². The maximum absolute atomic E-state index is 11.9. The Kier molecular flexibility index (Phi) is 7.71. The number of benzene rings is 1. The van der Waals surface area contributed by atoms with Crippen molar-refractivity contribution < 1.29 is 31.2 Å². The van der Waals surface area contributed by atoms with E-state index in [2.05, 4.69) is 10.5 Å². The van der Waals surface area contributed by atoms with Crippen molar-refractivity contribution >= 4 is 11.6 Å². The Morgan fingerprint density at radius 1 is 1.12 bits per heavy atom. The van der Waals surface area contributed by atoms with Crippen molar-refractivity contribution in [3.63, 3.8) is 0 Å². The number of pyridine rings is 1. The fraction of sp³-hybridized carbons (Fsp3) is 0.235. The normalized spacial score (nSPS) is 10.5. The van der Waals surface area contributed by atoms with Gasteiger partial charge in [0.15, 0.2) is 23.9 Å². The van der Waals surface area contributed by atoms with Gasteiger partial charge in [-0.25, -0.2) is 5.43 Å². The number of nitrogens with zero attached hydrogens (tertiary/aromatic N) is 2. The van der Waals surface area contributed by atoms with Crippen molar-refractivity contribution in [3.8, 4) is 11.5 Å². The van der Waals surface area contributed by atoms with Gasteiger partial charge in [-0.3, -0.25) is 4.79 Å². The second-order valence-electron chi connectivity index (χ2n) is 4.85. The number of hydrogen-bond acceptors (Lipinski definition) is 4. The lowest BCUT2D eigenvalue weighted by atomic mass is 10.1. The van der Waals surface area contributed by atoms with E-state index < -0.39 is 0 Å². The number of rotatable bonds is 6. The topological polar surface area (TPSA) is 63.8 Å². The minimum atomic E-state index is -0.193. The smallest absolute Gasteiger partial charge is 0.305 e. The van der Waals surface area contributed by atoms with Crippen molar-refractivity contribution in [3.05, 3.63) is 54.4 Å². The molecular formula is C17H20ClN3O3. The van der Waals surface area contributed by atoms with E-state index >= 15 is 0 Å². The summed E-state index contributed by atoms with van der Waals surface area (Å²) in [5.74, 6) is 1.07. The van der Waals surface area contributed by atoms with E-state index in [4.69, 9.17) is 9.47 Å². The number of nitrogens with one attached hydrogen (secondary N) is 1. The number of hydrogen-bond donors (Lipinski definition) is 1. The highest BCUT2D eigenvalue weighted by molar-refractivity contribution is 5.99. The third kappa shape index (κ3) is 5.24. The summed E-state index contributed by atoms with van der Waals surface area (Å²) in [4.78, 5) is 11.9. The van der Waals surface area contributed by atoms with Crippen LogP contribution in [0.25, 0.3) is 0 Å². The average molecular weight is 350 g/mol. The fourth-order valence-electron chi connectivity index (χ4n) is 2.01. The highest BCUT2D eigenvalue weighted by atomic mass is 35.5. The van der Waals surface area contributed by atoms with Gasteiger partial charge in [0.1, 0.15) is 0 Å². The van der Waals surface area contributed by atoms with Gasteiger partial charge >= 0.3 is 5.91 Å². The molecule has 0 aliphatic carbocycles. The van der Waals surface area contributed by atoms with Crippen LogP contribution in [0.5, 0.6) is 11.5 Å². The minimum Gasteiger partial charge on any atom is -1.00 e. The largest absolute Gasteiger partial charge is 1.00 e. The van der Waals surface area contributed by atoms with Crippen LogP contribution in [0, 0.1) is 0 Å². The quantitative estimate of drug-likeness (QED) is 0.394. The van der Waals surface area contributed by atoms with Crippen molar-refractivity contribution in [2.24, 2.45) is 5.10 Å². The number of halogens is 1. The van der Waals surface area contributed by atoms with Crippen LogP contribution in [0.4, 0.5) is 0 Å². The summed E-state index contributed by atoms with van der Waals surface area (Å²) in [6.07, 6.45) is 3.65. The highest BCUT2D eigenvalue weighted by Crippen LogP contribution is 2.27. The summed E-state index contributed by atoms with van der Waals surface area (Å²) >= 11 is 0. The van der Waals surface area contributed by atoms with Crippen molar-refractivity contribution in [2.45, 2.75) is 13.5 Å². The summed E-state index contributed by atoms with van der Waals surface area (Å²) in [5.41, 5.74) is 4.07. The van der Waals surface area contributed by atoms with E-state index in [1.165, 1.54) is 0 Å². The zero-order valence-corrected chi connectivity index (χ0v) is 14.6. The van der Waals surface area contributed by atoms with Gasteiger partial charge in [0.05, 0.1) is 19.9 Å². The molecule has 0 saturated heterocycles. The van der Waals surface area contributed by atoms with Crippen LogP contribution in [0.15, 0.2) is 53.9 Å². The van der Waals surface area contributed by atoms with Gasteiger partial charge in [0.25, 0.3) is 0 Å². The number of carbonyl (C=O) groups excluding carboxylic acids is 1. The van der Waals surface area contributed by atoms with E-state index in [1.54, 1.807) is 24.9 Å². The molecule has 0 fully saturated rings. The van der Waals surface area contributed by atoms with Crippen LogP contribution in [-0.2, 0) is 11.3 Å². The number of carbonyl (C=O) groups is 1. The first-order valence-corrected chi connectivity index (χ1v) is 7.13. The summed E-state index contributed by atoms with van der Waals surface area (Å²) < 4.78 is 12.2. The molecule has 24 heavy (non-hydrogen) atoms. The first kappa shape index (κ1) is 19.4. The van der Waals surface area contributed by atoms with Gasteiger partial charge in [0.2, 0.25) is 6.54 Å². The second-order valence-corrected chi connectivity index (χ2v) is 4.85. The third-order valence-electron chi connectivity index (χ3n) is 3.25. The molecule has 0 radical (unpaired) electrons. The van der Waals surface area contributed by atoms with Crippen LogP contribution < -0.4 is 31.9 Å². The molecule has 2 aromatic rings. The Balaban J connectivity index is 0.00000288. The molecule has 0 bridgehead atoms. The lowest BCUT2D eigenvalue weighted by Crippen LogP contribution is -3.00. The summed E-state index contributed by atoms with van der Waals surface area (Å²) in [7, 11) is 3.16. The molecule has 7 heteroatoms. The predicted octanol–water partition coefficient (Wildman–Crippen LogP) is -1.46. The van der Waals surface area contributed by atoms with E-state index in [-0.39, 0.29) is 24.9 Å². The van der Waals surface area contributed by atoms with Crippen molar-refractivity contribution in [2.75, 3.05) is 14.2 Å². The molecule has 1 N–H and O–H groups in total. The molecule has 1 aromatic carbocycles. The van der Waals surface area contributed by atoms with Crippen molar-refractivity contribution in [1.29, 1.82) is 0 Å². The molecule has 2 rings (SSSR count). The molecule has 1 amide bonds. The SMILES string of the molecule is COc1ccc(/C(C)=N/NC(=O)C[n+]2ccccc2)cc1OC.[Cl-]. The van der Waals surface area contributed by atoms with Crippen molar-refractivity contribution in [1.82, 2.24) is 5.43 Å². The van der Waals surface area contributed by atoms with Gasteiger partial charge in [-0.2, -0.15) is 9.67 Å². The summed E-state index contributed by atoms with van der Waals surface area (Å²) in [6.45, 7) is 2.03. The summed E-state index contributed by atoms with van der Waals surface area (Å²) in [5, 5.41) is 4.13. The molecule has 1 heterocycles. The predicted molar refractivity (Wildman–Crippen MR) is 86.5 cm³/mol. The molecule has 0 unspecified atom stereocenters. The molecule has 0 aliphatic heterocycles. The standard InChI is InChI=1S/C17H19N3O3.ClH/c1-13(14-7-8-15(22-2)16(11-14)23-3)18-19-17(21)12-20-9-5-4-6-10-20;/h4-11H,12H2,1-3H3;1H/b18-13+;. The number of aromatic nitrogens is 1. The molecule has 128 valence electrons. The monoisotopic (exact) mass is 349 g/mol. The number of methoxy groups -OCH3 is 2. The van der Waals surface area contributed by atoms with Crippen LogP contribution in [0.1, 0.15) is 12.5 Å².